The van der Waals surface area contributed by atoms with Gasteiger partial charge in [-0.3, -0.25) is 4.79 Å². The van der Waals surface area contributed by atoms with Crippen LogP contribution in [0.2, 0.25) is 10.2 Å². The fraction of sp³-hybridized carbons (Fsp3) is 0.462. The lowest BCUT2D eigenvalue weighted by Gasteiger charge is -2.17. The standard InChI is InChI=1S/C13H16Cl2N2O3/c1-7(2)8(3)17-11(18)6-20-13(19)9-4-10(14)12(15)16-5-9/h4-5,7-8H,6H2,1-3H3,(H,17,18)/t8-/m0/s1. The van der Waals surface area contributed by atoms with Crippen LogP contribution in [0.15, 0.2) is 12.3 Å². The van der Waals surface area contributed by atoms with Gasteiger partial charge in [-0.05, 0) is 18.9 Å². The molecule has 0 radical (unpaired) electrons. The van der Waals surface area contributed by atoms with Crippen molar-refractivity contribution < 1.29 is 14.3 Å². The normalized spacial score (nSPS) is 12.1. The number of rotatable bonds is 5. The number of hydrogen-bond donors (Lipinski definition) is 1. The van der Waals surface area contributed by atoms with Gasteiger partial charge in [-0.25, -0.2) is 9.78 Å². The molecule has 1 atom stereocenters. The molecule has 0 aliphatic heterocycles. The van der Waals surface area contributed by atoms with E-state index in [-0.39, 0.29) is 34.3 Å². The smallest absolute Gasteiger partial charge is 0.340 e. The highest BCUT2D eigenvalue weighted by molar-refractivity contribution is 6.41. The molecule has 0 aliphatic rings. The number of aromatic nitrogens is 1. The van der Waals surface area contributed by atoms with Crippen molar-refractivity contribution in [3.8, 4) is 0 Å². The van der Waals surface area contributed by atoms with E-state index in [1.807, 2.05) is 20.8 Å². The molecule has 0 aliphatic carbocycles. The molecule has 1 N–H and O–H groups in total. The van der Waals surface area contributed by atoms with E-state index >= 15 is 0 Å². The van der Waals surface area contributed by atoms with E-state index < -0.39 is 5.97 Å². The Morgan fingerprint density at radius 2 is 2.00 bits per heavy atom. The number of halogens is 2. The van der Waals surface area contributed by atoms with Gasteiger partial charge >= 0.3 is 5.97 Å². The maximum Gasteiger partial charge on any atom is 0.340 e. The van der Waals surface area contributed by atoms with Gasteiger partial charge in [0.1, 0.15) is 5.15 Å². The van der Waals surface area contributed by atoms with E-state index in [0.717, 1.165) is 0 Å². The van der Waals surface area contributed by atoms with Gasteiger partial charge in [-0.2, -0.15) is 0 Å². The number of amides is 1. The first-order valence-electron chi connectivity index (χ1n) is 6.08. The lowest BCUT2D eigenvalue weighted by molar-refractivity contribution is -0.125. The summed E-state index contributed by atoms with van der Waals surface area (Å²) in [6.07, 6.45) is 1.24. The molecule has 0 saturated heterocycles. The molecule has 5 nitrogen and oxygen atoms in total. The third-order valence-corrected chi connectivity index (χ3v) is 3.44. The largest absolute Gasteiger partial charge is 0.452 e. The van der Waals surface area contributed by atoms with Crippen LogP contribution in [0.4, 0.5) is 0 Å². The summed E-state index contributed by atoms with van der Waals surface area (Å²) in [6, 6.07) is 1.35. The second-order valence-corrected chi connectivity index (χ2v) is 5.44. The van der Waals surface area contributed by atoms with Gasteiger partial charge < -0.3 is 10.1 Å². The van der Waals surface area contributed by atoms with Crippen LogP contribution in [0, 0.1) is 5.92 Å². The molecular weight excluding hydrogens is 303 g/mol. The van der Waals surface area contributed by atoms with Crippen molar-refractivity contribution in [1.29, 1.82) is 0 Å². The first kappa shape index (κ1) is 16.7. The topological polar surface area (TPSA) is 68.3 Å². The van der Waals surface area contributed by atoms with Gasteiger partial charge in [0.2, 0.25) is 0 Å². The molecule has 0 bridgehead atoms. The summed E-state index contributed by atoms with van der Waals surface area (Å²) < 4.78 is 4.87. The van der Waals surface area contributed by atoms with Crippen LogP contribution in [0.3, 0.4) is 0 Å². The van der Waals surface area contributed by atoms with E-state index in [0.29, 0.717) is 5.92 Å². The number of carbonyl (C=O) groups is 2. The predicted molar refractivity (Wildman–Crippen MR) is 77.0 cm³/mol. The number of ether oxygens (including phenoxy) is 1. The van der Waals surface area contributed by atoms with Crippen molar-refractivity contribution in [3.63, 3.8) is 0 Å². The second-order valence-electron chi connectivity index (χ2n) is 4.67. The van der Waals surface area contributed by atoms with Gasteiger partial charge in [0.05, 0.1) is 10.6 Å². The quantitative estimate of drug-likeness (QED) is 0.669. The summed E-state index contributed by atoms with van der Waals surface area (Å²) in [5.41, 5.74) is 0.143. The molecule has 0 spiro atoms. The summed E-state index contributed by atoms with van der Waals surface area (Å²) in [7, 11) is 0. The van der Waals surface area contributed by atoms with Crippen LogP contribution in [0.5, 0.6) is 0 Å². The number of pyridine rings is 1. The summed E-state index contributed by atoms with van der Waals surface area (Å²) in [6.45, 7) is 5.50. The molecule has 1 aromatic heterocycles. The van der Waals surface area contributed by atoms with Gasteiger partial charge in [-0.1, -0.05) is 37.0 Å². The van der Waals surface area contributed by atoms with Crippen molar-refractivity contribution in [2.45, 2.75) is 26.8 Å². The van der Waals surface area contributed by atoms with Crippen LogP contribution in [0.25, 0.3) is 0 Å². The first-order chi connectivity index (χ1) is 9.31. The van der Waals surface area contributed by atoms with Crippen molar-refractivity contribution in [1.82, 2.24) is 10.3 Å². The summed E-state index contributed by atoms with van der Waals surface area (Å²) in [5, 5.41) is 2.98. The predicted octanol–water partition coefficient (Wildman–Crippen LogP) is 2.71. The molecular formula is C13H16Cl2N2O3. The molecule has 1 aromatic rings. The zero-order valence-corrected chi connectivity index (χ0v) is 13.0. The van der Waals surface area contributed by atoms with E-state index in [9.17, 15) is 9.59 Å². The van der Waals surface area contributed by atoms with Crippen LogP contribution < -0.4 is 5.32 Å². The molecule has 0 saturated carbocycles. The van der Waals surface area contributed by atoms with E-state index in [1.54, 1.807) is 0 Å². The summed E-state index contributed by atoms with van der Waals surface area (Å²) >= 11 is 11.4. The Kier molecular flexibility index (Phi) is 6.23. The minimum atomic E-state index is -0.677. The van der Waals surface area contributed by atoms with Gasteiger partial charge in [0.25, 0.3) is 5.91 Å². The van der Waals surface area contributed by atoms with E-state index in [2.05, 4.69) is 10.3 Å². The highest BCUT2D eigenvalue weighted by atomic mass is 35.5. The van der Waals surface area contributed by atoms with Crippen molar-refractivity contribution in [3.05, 3.63) is 28.0 Å². The highest BCUT2D eigenvalue weighted by Crippen LogP contribution is 2.19. The zero-order chi connectivity index (χ0) is 15.3. The molecule has 1 rings (SSSR count). The second kappa shape index (κ2) is 7.45. The Labute approximate surface area is 127 Å². The van der Waals surface area contributed by atoms with Crippen LogP contribution in [-0.4, -0.2) is 29.5 Å². The summed E-state index contributed by atoms with van der Waals surface area (Å²) in [5.74, 6) is -0.732. The van der Waals surface area contributed by atoms with Crippen molar-refractivity contribution >= 4 is 35.1 Å². The maximum atomic E-state index is 11.7. The molecule has 1 heterocycles. The number of hydrogen-bond acceptors (Lipinski definition) is 4. The fourth-order valence-corrected chi connectivity index (χ4v) is 1.48. The minimum Gasteiger partial charge on any atom is -0.452 e. The van der Waals surface area contributed by atoms with Gasteiger partial charge in [0.15, 0.2) is 6.61 Å². The molecule has 0 unspecified atom stereocenters. The Morgan fingerprint density at radius 1 is 1.35 bits per heavy atom. The highest BCUT2D eigenvalue weighted by Gasteiger charge is 2.15. The van der Waals surface area contributed by atoms with Crippen LogP contribution >= 0.6 is 23.2 Å². The minimum absolute atomic E-state index is 0.00726. The van der Waals surface area contributed by atoms with Crippen molar-refractivity contribution in [2.24, 2.45) is 5.92 Å². The summed E-state index contributed by atoms with van der Waals surface area (Å²) in [4.78, 5) is 27.0. The molecule has 110 valence electrons. The van der Waals surface area contributed by atoms with Crippen molar-refractivity contribution in [2.75, 3.05) is 6.61 Å². The first-order valence-corrected chi connectivity index (χ1v) is 6.84. The average Bonchev–Trinajstić information content (AvgIpc) is 2.39. The number of carbonyl (C=O) groups excluding carboxylic acids is 2. The maximum absolute atomic E-state index is 11.7. The third kappa shape index (κ3) is 4.98. The van der Waals surface area contributed by atoms with Gasteiger partial charge in [0, 0.05) is 12.2 Å². The molecule has 0 aromatic carbocycles. The lowest BCUT2D eigenvalue weighted by atomic mass is 10.1. The number of esters is 1. The molecule has 20 heavy (non-hydrogen) atoms. The van der Waals surface area contributed by atoms with Gasteiger partial charge in [-0.15, -0.1) is 0 Å². The van der Waals surface area contributed by atoms with E-state index in [1.165, 1.54) is 12.3 Å². The average molecular weight is 319 g/mol. The van der Waals surface area contributed by atoms with Crippen LogP contribution in [0.1, 0.15) is 31.1 Å². The lowest BCUT2D eigenvalue weighted by Crippen LogP contribution is -2.38. The molecule has 1 amide bonds. The Bertz CT molecular complexity index is 506. The molecule has 7 heteroatoms. The Hall–Kier alpha value is -1.33. The van der Waals surface area contributed by atoms with E-state index in [4.69, 9.17) is 27.9 Å². The SMILES string of the molecule is CC(C)[C@H](C)NC(=O)COC(=O)c1cnc(Cl)c(Cl)c1. The number of nitrogens with zero attached hydrogens (tertiary/aromatic N) is 1. The third-order valence-electron chi connectivity index (χ3n) is 2.75. The Balaban J connectivity index is 2.51. The molecule has 0 fully saturated rings. The fourth-order valence-electron chi connectivity index (χ4n) is 1.21. The number of nitrogens with one attached hydrogen (secondary N) is 1. The van der Waals surface area contributed by atoms with Crippen LogP contribution in [-0.2, 0) is 9.53 Å². The monoisotopic (exact) mass is 318 g/mol. The Morgan fingerprint density at radius 3 is 2.55 bits per heavy atom. The zero-order valence-electron chi connectivity index (χ0n) is 11.4.